The molecule has 3 N–H and O–H groups in total. The molecule has 0 bridgehead atoms. The molecule has 1 rings (SSSR count). The van der Waals surface area contributed by atoms with Gasteiger partial charge in [0, 0.05) is 5.56 Å². The van der Waals surface area contributed by atoms with E-state index in [1.165, 1.54) is 0 Å². The Kier molecular flexibility index (Phi) is 3.51. The molecule has 0 aliphatic rings. The van der Waals surface area contributed by atoms with Gasteiger partial charge in [-0.1, -0.05) is 18.1 Å². The first-order chi connectivity index (χ1) is 6.27. The van der Waals surface area contributed by atoms with E-state index < -0.39 is 6.10 Å². The van der Waals surface area contributed by atoms with Gasteiger partial charge in [-0.2, -0.15) is 0 Å². The van der Waals surface area contributed by atoms with E-state index in [9.17, 15) is 5.11 Å². The molecule has 0 amide bonds. The van der Waals surface area contributed by atoms with Crippen molar-refractivity contribution in [2.75, 3.05) is 6.54 Å². The number of benzene rings is 1. The minimum Gasteiger partial charge on any atom is -0.388 e. The van der Waals surface area contributed by atoms with E-state index in [2.05, 4.69) is 5.92 Å². The predicted molar refractivity (Wildman–Crippen MR) is 51.3 cm³/mol. The van der Waals surface area contributed by atoms with Crippen LogP contribution in [0.2, 0.25) is 0 Å². The quantitative estimate of drug-likeness (QED) is 0.672. The first-order valence-electron chi connectivity index (χ1n) is 4.18. The fraction of sp³-hybridized carbons (Fsp3) is 0.273. The van der Waals surface area contributed by atoms with Gasteiger partial charge in [0.2, 0.25) is 0 Å². The molecular formula is C11H12NO. The van der Waals surface area contributed by atoms with E-state index in [-0.39, 0.29) is 0 Å². The van der Waals surface area contributed by atoms with Crippen LogP contribution in [0.15, 0.2) is 24.3 Å². The molecule has 0 spiro atoms. The second kappa shape index (κ2) is 4.66. The van der Waals surface area contributed by atoms with Crippen LogP contribution < -0.4 is 5.73 Å². The van der Waals surface area contributed by atoms with Gasteiger partial charge in [0.05, 0.1) is 6.10 Å². The van der Waals surface area contributed by atoms with Crippen LogP contribution in [-0.4, -0.2) is 11.7 Å². The molecule has 13 heavy (non-hydrogen) atoms. The molecule has 67 valence electrons. The van der Waals surface area contributed by atoms with E-state index in [0.717, 1.165) is 5.56 Å². The standard InChI is InChI=1S/C11H12NO/c1-2-9-4-3-5-10(8-9)11(13)6-7-12/h3-5,8,11,13H,6-7,12H2. The Balaban J connectivity index is 2.83. The van der Waals surface area contributed by atoms with Crippen LogP contribution >= 0.6 is 0 Å². The molecule has 1 atom stereocenters. The second-order valence-corrected chi connectivity index (χ2v) is 2.84. The van der Waals surface area contributed by atoms with Crippen molar-refractivity contribution in [3.63, 3.8) is 0 Å². The summed E-state index contributed by atoms with van der Waals surface area (Å²) in [6, 6.07) is 7.13. The van der Waals surface area contributed by atoms with Crippen LogP contribution in [0.4, 0.5) is 0 Å². The van der Waals surface area contributed by atoms with Gasteiger partial charge < -0.3 is 10.8 Å². The molecule has 2 nitrogen and oxygen atoms in total. The zero-order valence-corrected chi connectivity index (χ0v) is 7.33. The fourth-order valence-electron chi connectivity index (χ4n) is 1.15. The lowest BCUT2D eigenvalue weighted by atomic mass is 10.0. The van der Waals surface area contributed by atoms with Crippen molar-refractivity contribution in [1.82, 2.24) is 0 Å². The van der Waals surface area contributed by atoms with Gasteiger partial charge in [0.15, 0.2) is 0 Å². The molecule has 0 saturated carbocycles. The third-order valence-electron chi connectivity index (χ3n) is 1.86. The molecule has 0 aromatic heterocycles. The van der Waals surface area contributed by atoms with Crippen molar-refractivity contribution in [2.24, 2.45) is 5.73 Å². The Morgan fingerprint density at radius 1 is 1.54 bits per heavy atom. The van der Waals surface area contributed by atoms with Gasteiger partial charge in [-0.25, -0.2) is 0 Å². The molecule has 0 saturated heterocycles. The number of rotatable bonds is 3. The summed E-state index contributed by atoms with van der Waals surface area (Å²) in [5.41, 5.74) is 6.79. The first kappa shape index (κ1) is 9.79. The van der Waals surface area contributed by atoms with Gasteiger partial charge in [-0.15, -0.1) is 0 Å². The van der Waals surface area contributed by atoms with Crippen LogP contribution in [0.25, 0.3) is 0 Å². The molecule has 1 aromatic rings. The summed E-state index contributed by atoms with van der Waals surface area (Å²) in [6.45, 7) is 0.458. The summed E-state index contributed by atoms with van der Waals surface area (Å²) in [4.78, 5) is 0. The van der Waals surface area contributed by atoms with E-state index in [0.29, 0.717) is 18.5 Å². The van der Waals surface area contributed by atoms with E-state index in [1.807, 2.05) is 6.07 Å². The number of aliphatic hydroxyl groups excluding tert-OH is 1. The Morgan fingerprint density at radius 3 is 2.92 bits per heavy atom. The molecule has 0 fully saturated rings. The van der Waals surface area contributed by atoms with E-state index >= 15 is 0 Å². The van der Waals surface area contributed by atoms with Crippen molar-refractivity contribution in [3.8, 4) is 5.92 Å². The lowest BCUT2D eigenvalue weighted by Gasteiger charge is -2.09. The van der Waals surface area contributed by atoms with Crippen LogP contribution in [0.3, 0.4) is 0 Å². The number of hydrogen-bond acceptors (Lipinski definition) is 2. The third kappa shape index (κ3) is 2.59. The van der Waals surface area contributed by atoms with E-state index in [1.54, 1.807) is 18.2 Å². The number of nitrogens with two attached hydrogens (primary N) is 1. The van der Waals surface area contributed by atoms with Gasteiger partial charge >= 0.3 is 0 Å². The summed E-state index contributed by atoms with van der Waals surface area (Å²) in [6.07, 6.45) is 6.94. The van der Waals surface area contributed by atoms with Crippen molar-refractivity contribution >= 4 is 0 Å². The maximum Gasteiger partial charge on any atom is 0.0802 e. The Hall–Kier alpha value is -1.30. The van der Waals surface area contributed by atoms with Gasteiger partial charge in [-0.05, 0) is 37.1 Å². The summed E-state index contributed by atoms with van der Waals surface area (Å²) in [7, 11) is 0. The lowest BCUT2D eigenvalue weighted by Crippen LogP contribution is -2.06. The zero-order valence-electron chi connectivity index (χ0n) is 7.33. The average molecular weight is 174 g/mol. The molecule has 0 aliphatic carbocycles. The normalized spacial score (nSPS) is 12.1. The monoisotopic (exact) mass is 174 g/mol. The highest BCUT2D eigenvalue weighted by molar-refractivity contribution is 5.34. The zero-order chi connectivity index (χ0) is 9.68. The molecule has 1 aromatic carbocycles. The smallest absolute Gasteiger partial charge is 0.0802 e. The van der Waals surface area contributed by atoms with Gasteiger partial charge in [0.1, 0.15) is 0 Å². The molecule has 0 heterocycles. The molecule has 2 heteroatoms. The van der Waals surface area contributed by atoms with E-state index in [4.69, 9.17) is 12.2 Å². The maximum atomic E-state index is 9.57. The molecule has 1 radical (unpaired) electrons. The SMILES string of the molecule is [C]#Cc1cccc(C(O)CCN)c1. The molecule has 0 aliphatic heterocycles. The van der Waals surface area contributed by atoms with Crippen LogP contribution in [0.5, 0.6) is 0 Å². The fourth-order valence-corrected chi connectivity index (χ4v) is 1.15. The highest BCUT2D eigenvalue weighted by Gasteiger charge is 2.05. The van der Waals surface area contributed by atoms with Crippen LogP contribution in [-0.2, 0) is 0 Å². The minimum atomic E-state index is -0.529. The first-order valence-corrected chi connectivity index (χ1v) is 4.18. The van der Waals surface area contributed by atoms with Gasteiger partial charge in [0.25, 0.3) is 0 Å². The Bertz CT molecular complexity index is 314. The highest BCUT2D eigenvalue weighted by atomic mass is 16.3. The second-order valence-electron chi connectivity index (χ2n) is 2.84. The summed E-state index contributed by atoms with van der Waals surface area (Å²) in [5, 5.41) is 9.57. The van der Waals surface area contributed by atoms with Crippen molar-refractivity contribution in [2.45, 2.75) is 12.5 Å². The third-order valence-corrected chi connectivity index (χ3v) is 1.86. The lowest BCUT2D eigenvalue weighted by molar-refractivity contribution is 0.170. The summed E-state index contributed by atoms with van der Waals surface area (Å²) >= 11 is 0. The topological polar surface area (TPSA) is 46.2 Å². The van der Waals surface area contributed by atoms with Gasteiger partial charge in [-0.3, -0.25) is 0 Å². The molecule has 1 unspecified atom stereocenters. The highest BCUT2D eigenvalue weighted by Crippen LogP contribution is 2.16. The maximum absolute atomic E-state index is 9.57. The Labute approximate surface area is 78.4 Å². The van der Waals surface area contributed by atoms with Crippen molar-refractivity contribution in [1.29, 1.82) is 0 Å². The van der Waals surface area contributed by atoms with Crippen LogP contribution in [0, 0.1) is 12.3 Å². The molecular weight excluding hydrogens is 162 g/mol. The summed E-state index contributed by atoms with van der Waals surface area (Å²) < 4.78 is 0. The predicted octanol–water partition coefficient (Wildman–Crippen LogP) is 1.01. The van der Waals surface area contributed by atoms with Crippen molar-refractivity contribution < 1.29 is 5.11 Å². The van der Waals surface area contributed by atoms with Crippen molar-refractivity contribution in [3.05, 3.63) is 41.8 Å². The minimum absolute atomic E-state index is 0.458. The Morgan fingerprint density at radius 2 is 2.31 bits per heavy atom. The summed E-state index contributed by atoms with van der Waals surface area (Å²) in [5.74, 6) is 2.27. The van der Waals surface area contributed by atoms with Crippen LogP contribution in [0.1, 0.15) is 23.7 Å². The number of aliphatic hydroxyl groups is 1. The average Bonchev–Trinajstić information content (AvgIpc) is 2.18. The largest absolute Gasteiger partial charge is 0.388 e. The number of hydrogen-bond donors (Lipinski definition) is 2.